The monoisotopic (exact) mass is 307 g/mol. The Morgan fingerprint density at radius 1 is 1.25 bits per heavy atom. The molecule has 0 unspecified atom stereocenters. The smallest absolute Gasteiger partial charge is 0.240 e. The van der Waals surface area contributed by atoms with Crippen molar-refractivity contribution in [1.29, 1.82) is 0 Å². The summed E-state index contributed by atoms with van der Waals surface area (Å²) in [6, 6.07) is 6.58. The SMILES string of the molecule is C[NH+](C)CCNS(=O)(=O)c1ccc(Br)cc1. The topological polar surface area (TPSA) is 50.6 Å². The third-order valence-electron chi connectivity index (χ3n) is 2.04. The minimum Gasteiger partial charge on any atom is -0.339 e. The summed E-state index contributed by atoms with van der Waals surface area (Å²) < 4.78 is 27.0. The zero-order valence-electron chi connectivity index (χ0n) is 9.33. The Bertz CT molecular complexity index is 429. The molecule has 0 heterocycles. The molecule has 0 bridgehead atoms. The summed E-state index contributed by atoms with van der Waals surface area (Å²) in [6.07, 6.45) is 0. The summed E-state index contributed by atoms with van der Waals surface area (Å²) in [5, 5.41) is 0. The van der Waals surface area contributed by atoms with E-state index in [9.17, 15) is 8.42 Å². The first-order chi connectivity index (χ1) is 7.42. The van der Waals surface area contributed by atoms with Gasteiger partial charge in [0.2, 0.25) is 10.0 Å². The van der Waals surface area contributed by atoms with Crippen molar-refractivity contribution in [1.82, 2.24) is 4.72 Å². The molecule has 2 N–H and O–H groups in total. The van der Waals surface area contributed by atoms with Gasteiger partial charge in [-0.25, -0.2) is 13.1 Å². The van der Waals surface area contributed by atoms with Gasteiger partial charge in [0.05, 0.1) is 32.1 Å². The zero-order valence-corrected chi connectivity index (χ0v) is 11.7. The third kappa shape index (κ3) is 4.21. The highest BCUT2D eigenvalue weighted by atomic mass is 79.9. The van der Waals surface area contributed by atoms with Gasteiger partial charge in [-0.1, -0.05) is 15.9 Å². The Hall–Kier alpha value is -0.430. The number of likely N-dealkylation sites (N-methyl/N-ethyl adjacent to an activating group) is 1. The average Bonchev–Trinajstić information content (AvgIpc) is 2.17. The van der Waals surface area contributed by atoms with E-state index in [1.165, 1.54) is 4.90 Å². The third-order valence-corrected chi connectivity index (χ3v) is 4.05. The average molecular weight is 308 g/mol. The van der Waals surface area contributed by atoms with Crippen molar-refractivity contribution >= 4 is 26.0 Å². The molecule has 0 amide bonds. The van der Waals surface area contributed by atoms with E-state index in [-0.39, 0.29) is 0 Å². The van der Waals surface area contributed by atoms with E-state index >= 15 is 0 Å². The maximum absolute atomic E-state index is 11.8. The lowest BCUT2D eigenvalue weighted by molar-refractivity contribution is -0.856. The molecule has 0 aromatic heterocycles. The van der Waals surface area contributed by atoms with Gasteiger partial charge in [-0.15, -0.1) is 0 Å². The molecule has 90 valence electrons. The Balaban J connectivity index is 2.67. The van der Waals surface area contributed by atoms with Crippen molar-refractivity contribution in [3.63, 3.8) is 0 Å². The predicted molar refractivity (Wildman–Crippen MR) is 67.0 cm³/mol. The van der Waals surface area contributed by atoms with Crippen LogP contribution in [0.4, 0.5) is 0 Å². The van der Waals surface area contributed by atoms with Gasteiger partial charge < -0.3 is 4.90 Å². The highest BCUT2D eigenvalue weighted by Crippen LogP contribution is 2.14. The van der Waals surface area contributed by atoms with Crippen LogP contribution in [0.5, 0.6) is 0 Å². The van der Waals surface area contributed by atoms with Gasteiger partial charge in [0, 0.05) is 4.47 Å². The normalized spacial score (nSPS) is 12.0. The minimum absolute atomic E-state index is 0.296. The van der Waals surface area contributed by atoms with E-state index in [1.807, 2.05) is 14.1 Å². The number of quaternary nitrogens is 1. The summed E-state index contributed by atoms with van der Waals surface area (Å²) >= 11 is 3.27. The molecule has 1 rings (SSSR count). The lowest BCUT2D eigenvalue weighted by Gasteiger charge is -2.09. The number of hydrogen-bond acceptors (Lipinski definition) is 2. The van der Waals surface area contributed by atoms with E-state index in [0.29, 0.717) is 11.4 Å². The highest BCUT2D eigenvalue weighted by Gasteiger charge is 2.13. The summed E-state index contributed by atoms with van der Waals surface area (Å²) in [5.41, 5.74) is 0. The lowest BCUT2D eigenvalue weighted by Crippen LogP contribution is -3.06. The van der Waals surface area contributed by atoms with E-state index in [1.54, 1.807) is 24.3 Å². The fourth-order valence-corrected chi connectivity index (χ4v) is 2.43. The largest absolute Gasteiger partial charge is 0.339 e. The predicted octanol–water partition coefficient (Wildman–Crippen LogP) is -0.128. The van der Waals surface area contributed by atoms with Crippen LogP contribution in [0.25, 0.3) is 0 Å². The van der Waals surface area contributed by atoms with Crippen LogP contribution in [-0.2, 0) is 10.0 Å². The first kappa shape index (κ1) is 13.6. The van der Waals surface area contributed by atoms with E-state index in [2.05, 4.69) is 20.7 Å². The van der Waals surface area contributed by atoms with Crippen LogP contribution in [0.2, 0.25) is 0 Å². The number of rotatable bonds is 5. The van der Waals surface area contributed by atoms with Gasteiger partial charge >= 0.3 is 0 Å². The number of sulfonamides is 1. The Morgan fingerprint density at radius 3 is 2.31 bits per heavy atom. The number of nitrogens with one attached hydrogen (secondary N) is 2. The minimum atomic E-state index is -3.36. The van der Waals surface area contributed by atoms with Gasteiger partial charge in [0.15, 0.2) is 0 Å². The van der Waals surface area contributed by atoms with Crippen LogP contribution in [-0.4, -0.2) is 35.6 Å². The molecule has 0 fully saturated rings. The molecule has 0 radical (unpaired) electrons. The standard InChI is InChI=1S/C10H15BrN2O2S/c1-13(2)8-7-12-16(14,15)10-5-3-9(11)4-6-10/h3-6,12H,7-8H2,1-2H3/p+1. The van der Waals surface area contributed by atoms with Gasteiger partial charge in [-0.2, -0.15) is 0 Å². The molecule has 1 aromatic rings. The molecule has 0 atom stereocenters. The van der Waals surface area contributed by atoms with Crippen molar-refractivity contribution in [3.05, 3.63) is 28.7 Å². The van der Waals surface area contributed by atoms with Crippen molar-refractivity contribution < 1.29 is 13.3 Å². The fourth-order valence-electron chi connectivity index (χ4n) is 1.13. The molecular weight excluding hydrogens is 292 g/mol. The number of hydrogen-bond donors (Lipinski definition) is 2. The number of benzene rings is 1. The molecule has 0 spiro atoms. The molecule has 0 aliphatic rings. The van der Waals surface area contributed by atoms with Gasteiger partial charge in [0.1, 0.15) is 0 Å². The van der Waals surface area contributed by atoms with Gasteiger partial charge in [-0.3, -0.25) is 0 Å². The van der Waals surface area contributed by atoms with Crippen LogP contribution in [0.15, 0.2) is 33.6 Å². The van der Waals surface area contributed by atoms with E-state index in [0.717, 1.165) is 11.0 Å². The second kappa shape index (κ2) is 5.77. The second-order valence-electron chi connectivity index (χ2n) is 3.81. The van der Waals surface area contributed by atoms with Crippen molar-refractivity contribution in [2.45, 2.75) is 4.90 Å². The second-order valence-corrected chi connectivity index (χ2v) is 6.49. The molecule has 6 heteroatoms. The van der Waals surface area contributed by atoms with Gasteiger partial charge in [0.25, 0.3) is 0 Å². The molecule has 1 aromatic carbocycles. The van der Waals surface area contributed by atoms with Crippen LogP contribution in [0.3, 0.4) is 0 Å². The van der Waals surface area contributed by atoms with Crippen LogP contribution >= 0.6 is 15.9 Å². The quantitative estimate of drug-likeness (QED) is 0.796. The van der Waals surface area contributed by atoms with Crippen molar-refractivity contribution in [3.8, 4) is 0 Å². The first-order valence-electron chi connectivity index (χ1n) is 4.96. The molecule has 0 saturated heterocycles. The maximum Gasteiger partial charge on any atom is 0.240 e. The van der Waals surface area contributed by atoms with Crippen molar-refractivity contribution in [2.24, 2.45) is 0 Å². The maximum atomic E-state index is 11.8. The number of halogens is 1. The van der Waals surface area contributed by atoms with Crippen LogP contribution in [0, 0.1) is 0 Å². The Labute approximate surface area is 105 Å². The van der Waals surface area contributed by atoms with Crippen LogP contribution < -0.4 is 9.62 Å². The van der Waals surface area contributed by atoms with Crippen molar-refractivity contribution in [2.75, 3.05) is 27.2 Å². The lowest BCUT2D eigenvalue weighted by atomic mass is 10.4. The van der Waals surface area contributed by atoms with Gasteiger partial charge in [-0.05, 0) is 24.3 Å². The molecule has 0 aliphatic carbocycles. The molecule has 16 heavy (non-hydrogen) atoms. The summed E-state index contributed by atoms with van der Waals surface area (Å²) in [4.78, 5) is 1.50. The molecule has 0 aliphatic heterocycles. The Morgan fingerprint density at radius 2 is 1.81 bits per heavy atom. The van der Waals surface area contributed by atoms with E-state index < -0.39 is 10.0 Å². The van der Waals surface area contributed by atoms with E-state index in [4.69, 9.17) is 0 Å². The summed E-state index contributed by atoms with van der Waals surface area (Å²) in [7, 11) is 0.603. The fraction of sp³-hybridized carbons (Fsp3) is 0.400. The van der Waals surface area contributed by atoms with Crippen LogP contribution in [0.1, 0.15) is 0 Å². The molecule has 4 nitrogen and oxygen atoms in total. The molecule has 0 saturated carbocycles. The summed E-state index contributed by atoms with van der Waals surface area (Å²) in [5.74, 6) is 0. The first-order valence-corrected chi connectivity index (χ1v) is 7.24. The zero-order chi connectivity index (χ0) is 12.2. The summed E-state index contributed by atoms with van der Waals surface area (Å²) in [6.45, 7) is 1.20. The molecular formula is C10H16BrN2O2S+. The highest BCUT2D eigenvalue weighted by molar-refractivity contribution is 9.10. The Kier molecular flexibility index (Phi) is 4.91.